The van der Waals surface area contributed by atoms with Gasteiger partial charge in [0.25, 0.3) is 0 Å². The monoisotopic (exact) mass is 486 g/mol. The number of ether oxygens (including phenoxy) is 2. The van der Waals surface area contributed by atoms with Gasteiger partial charge >= 0.3 is 0 Å². The molecular weight excluding hydrogens is 464 g/mol. The maximum absolute atomic E-state index is 12.9. The third-order valence-corrected chi connectivity index (χ3v) is 6.70. The fourth-order valence-corrected chi connectivity index (χ4v) is 4.72. The predicted molar refractivity (Wildman–Crippen MR) is 136 cm³/mol. The summed E-state index contributed by atoms with van der Waals surface area (Å²) >= 11 is 3.11. The Morgan fingerprint density at radius 2 is 1.15 bits per heavy atom. The zero-order valence-electron chi connectivity index (χ0n) is 18.3. The van der Waals surface area contributed by atoms with Gasteiger partial charge in [0.05, 0.1) is 22.4 Å². The van der Waals surface area contributed by atoms with E-state index in [-0.39, 0.29) is 5.78 Å². The van der Waals surface area contributed by atoms with Gasteiger partial charge in [0, 0.05) is 21.9 Å². The number of nitrogens with zero attached hydrogens (tertiary/aromatic N) is 2. The highest BCUT2D eigenvalue weighted by Gasteiger charge is 2.22. The van der Waals surface area contributed by atoms with Crippen LogP contribution in [0.4, 0.5) is 0 Å². The molecule has 0 saturated heterocycles. The minimum absolute atomic E-state index is 0.118. The third-order valence-electron chi connectivity index (χ3n) is 5.43. The van der Waals surface area contributed by atoms with Crippen LogP contribution in [0.3, 0.4) is 0 Å². The Bertz CT molecular complexity index is 1190. The number of hydrogen-bond donors (Lipinski definition) is 0. The van der Waals surface area contributed by atoms with Crippen molar-refractivity contribution in [1.29, 1.82) is 0 Å². The molecule has 0 radical (unpaired) electrons. The number of aromatic nitrogens is 2. The average molecular weight is 487 g/mol. The van der Waals surface area contributed by atoms with Crippen molar-refractivity contribution in [2.75, 3.05) is 0 Å². The van der Waals surface area contributed by atoms with Crippen LogP contribution < -0.4 is 9.47 Å². The van der Waals surface area contributed by atoms with Gasteiger partial charge in [-0.2, -0.15) is 0 Å². The molecule has 0 aliphatic heterocycles. The lowest BCUT2D eigenvalue weighted by molar-refractivity contribution is -0.111. The quantitative estimate of drug-likeness (QED) is 0.263. The Kier molecular flexibility index (Phi) is 6.93. The highest BCUT2D eigenvalue weighted by Crippen LogP contribution is 2.30. The standard InChI is InChI=1S/C27H22N2O3S2/c30-27-21(11-19-1-7-25(8-2-19)31-13-23-15-33-17-28-23)5-6-22(27)12-20-3-9-26(10-4-20)32-14-24-16-34-18-29-24/h1-4,7-12,15-18H,5-6,13-14H2/b21-11+,22-12+. The molecule has 0 amide bonds. The first-order valence-electron chi connectivity index (χ1n) is 10.9. The molecule has 1 saturated carbocycles. The highest BCUT2D eigenvalue weighted by molar-refractivity contribution is 7.07. The number of thiazole rings is 2. The predicted octanol–water partition coefficient (Wildman–Crippen LogP) is 6.59. The van der Waals surface area contributed by atoms with Gasteiger partial charge in [-0.05, 0) is 60.4 Å². The van der Waals surface area contributed by atoms with E-state index in [4.69, 9.17) is 9.47 Å². The summed E-state index contributed by atoms with van der Waals surface area (Å²) in [5, 5.41) is 3.95. The van der Waals surface area contributed by atoms with Gasteiger partial charge in [-0.3, -0.25) is 4.79 Å². The van der Waals surface area contributed by atoms with E-state index in [2.05, 4.69) is 9.97 Å². The molecule has 2 heterocycles. The lowest BCUT2D eigenvalue weighted by atomic mass is 10.1. The van der Waals surface area contributed by atoms with Crippen molar-refractivity contribution in [3.63, 3.8) is 0 Å². The van der Waals surface area contributed by atoms with Gasteiger partial charge in [0.2, 0.25) is 0 Å². The van der Waals surface area contributed by atoms with Crippen LogP contribution in [0.25, 0.3) is 12.2 Å². The van der Waals surface area contributed by atoms with Crippen LogP contribution in [0.15, 0.2) is 81.5 Å². The molecular formula is C27H22N2O3S2. The van der Waals surface area contributed by atoms with Crippen LogP contribution in [-0.4, -0.2) is 15.8 Å². The molecule has 0 spiro atoms. The van der Waals surface area contributed by atoms with Crippen LogP contribution in [0.2, 0.25) is 0 Å². The summed E-state index contributed by atoms with van der Waals surface area (Å²) in [7, 11) is 0. The van der Waals surface area contributed by atoms with Crippen molar-refractivity contribution in [3.05, 3.63) is 104 Å². The molecule has 0 N–H and O–H groups in total. The molecule has 170 valence electrons. The number of Topliss-reactive ketones (excluding diaryl/α,β-unsaturated/α-hetero) is 1. The molecule has 0 atom stereocenters. The van der Waals surface area contributed by atoms with Gasteiger partial charge in [0.1, 0.15) is 24.7 Å². The van der Waals surface area contributed by atoms with Gasteiger partial charge in [-0.1, -0.05) is 24.3 Å². The van der Waals surface area contributed by atoms with E-state index in [1.54, 1.807) is 33.7 Å². The number of benzene rings is 2. The number of ketones is 1. The summed E-state index contributed by atoms with van der Waals surface area (Å²) in [6.45, 7) is 0.908. The maximum Gasteiger partial charge on any atom is 0.185 e. The second-order valence-electron chi connectivity index (χ2n) is 7.84. The fraction of sp³-hybridized carbons (Fsp3) is 0.148. The molecule has 0 bridgehead atoms. The van der Waals surface area contributed by atoms with E-state index in [0.29, 0.717) is 13.2 Å². The van der Waals surface area contributed by atoms with Crippen molar-refractivity contribution < 1.29 is 14.3 Å². The average Bonchev–Trinajstić information content (AvgIpc) is 3.64. The highest BCUT2D eigenvalue weighted by atomic mass is 32.1. The Labute approximate surface area is 206 Å². The van der Waals surface area contributed by atoms with Crippen molar-refractivity contribution in [1.82, 2.24) is 9.97 Å². The number of carbonyl (C=O) groups excluding carboxylic acids is 1. The Morgan fingerprint density at radius 1 is 0.706 bits per heavy atom. The van der Waals surface area contributed by atoms with E-state index < -0.39 is 0 Å². The third kappa shape index (κ3) is 5.68. The second-order valence-corrected chi connectivity index (χ2v) is 9.28. The lowest BCUT2D eigenvalue weighted by Gasteiger charge is -2.05. The Balaban J connectivity index is 1.18. The summed E-state index contributed by atoms with van der Waals surface area (Å²) < 4.78 is 11.5. The van der Waals surface area contributed by atoms with Crippen LogP contribution >= 0.6 is 22.7 Å². The van der Waals surface area contributed by atoms with Crippen LogP contribution in [0.1, 0.15) is 35.4 Å². The van der Waals surface area contributed by atoms with Crippen LogP contribution in [0.5, 0.6) is 11.5 Å². The molecule has 0 unspecified atom stereocenters. The van der Waals surface area contributed by atoms with E-state index in [9.17, 15) is 4.79 Å². The molecule has 1 aliphatic carbocycles. The first-order valence-corrected chi connectivity index (χ1v) is 12.8. The zero-order chi connectivity index (χ0) is 23.2. The molecule has 5 rings (SSSR count). The molecule has 4 aromatic rings. The van der Waals surface area contributed by atoms with Gasteiger partial charge in [0.15, 0.2) is 5.78 Å². The van der Waals surface area contributed by atoms with E-state index in [1.165, 1.54) is 0 Å². The van der Waals surface area contributed by atoms with Crippen molar-refractivity contribution in [2.45, 2.75) is 26.1 Å². The summed E-state index contributed by atoms with van der Waals surface area (Å²) in [4.78, 5) is 21.4. The molecule has 7 heteroatoms. The first kappa shape index (κ1) is 22.3. The molecule has 5 nitrogen and oxygen atoms in total. The summed E-state index contributed by atoms with van der Waals surface area (Å²) in [6.07, 6.45) is 5.45. The first-order chi connectivity index (χ1) is 16.7. The molecule has 2 aromatic heterocycles. The molecule has 34 heavy (non-hydrogen) atoms. The minimum Gasteiger partial charge on any atom is -0.487 e. The Morgan fingerprint density at radius 3 is 1.53 bits per heavy atom. The van der Waals surface area contributed by atoms with Crippen LogP contribution in [0, 0.1) is 0 Å². The van der Waals surface area contributed by atoms with Crippen LogP contribution in [-0.2, 0) is 18.0 Å². The zero-order valence-corrected chi connectivity index (χ0v) is 20.0. The minimum atomic E-state index is 0.118. The van der Waals surface area contributed by atoms with Gasteiger partial charge in [-0.25, -0.2) is 9.97 Å². The second kappa shape index (κ2) is 10.6. The number of rotatable bonds is 8. The van der Waals surface area contributed by atoms with E-state index >= 15 is 0 Å². The van der Waals surface area contributed by atoms with E-state index in [1.807, 2.05) is 71.4 Å². The topological polar surface area (TPSA) is 61.3 Å². The van der Waals surface area contributed by atoms with Gasteiger partial charge < -0.3 is 9.47 Å². The summed E-state index contributed by atoms with van der Waals surface area (Å²) in [6, 6.07) is 15.6. The van der Waals surface area contributed by atoms with Crippen molar-refractivity contribution in [3.8, 4) is 11.5 Å². The van der Waals surface area contributed by atoms with Crippen molar-refractivity contribution >= 4 is 40.6 Å². The normalized spacial score (nSPS) is 15.8. The molecule has 1 fully saturated rings. The molecule has 1 aliphatic rings. The number of carbonyl (C=O) groups is 1. The maximum atomic E-state index is 12.9. The largest absolute Gasteiger partial charge is 0.487 e. The summed E-state index contributed by atoms with van der Waals surface area (Å²) in [5.74, 6) is 1.69. The van der Waals surface area contributed by atoms with E-state index in [0.717, 1.165) is 58.0 Å². The lowest BCUT2D eigenvalue weighted by Crippen LogP contribution is -1.97. The fourth-order valence-electron chi connectivity index (χ4n) is 3.63. The number of allylic oxidation sites excluding steroid dienone is 2. The summed E-state index contributed by atoms with van der Waals surface area (Å²) in [5.41, 5.74) is 9.10. The van der Waals surface area contributed by atoms with Gasteiger partial charge in [-0.15, -0.1) is 22.7 Å². The number of hydrogen-bond acceptors (Lipinski definition) is 7. The SMILES string of the molecule is O=C1/C(=C/c2ccc(OCc3cscn3)cc2)CC/C1=C\c1ccc(OCc2cscn2)cc1. The van der Waals surface area contributed by atoms with Crippen molar-refractivity contribution in [2.24, 2.45) is 0 Å². The smallest absolute Gasteiger partial charge is 0.185 e. The Hall–Kier alpha value is -3.55. The molecule has 2 aromatic carbocycles.